The van der Waals surface area contributed by atoms with Crippen LogP contribution in [-0.2, 0) is 9.59 Å². The molecule has 0 spiro atoms. The van der Waals surface area contributed by atoms with Gasteiger partial charge in [-0.2, -0.15) is 0 Å². The highest BCUT2D eigenvalue weighted by molar-refractivity contribution is 5.76. The molecule has 0 bridgehead atoms. The fourth-order valence-corrected chi connectivity index (χ4v) is 2.03. The summed E-state index contributed by atoms with van der Waals surface area (Å²) in [5.74, 6) is 0.665. The molecule has 5 heteroatoms. The maximum absolute atomic E-state index is 11.5. The summed E-state index contributed by atoms with van der Waals surface area (Å²) in [6.45, 7) is 4.64. The van der Waals surface area contributed by atoms with Crippen molar-refractivity contribution < 1.29 is 9.59 Å². The lowest BCUT2D eigenvalue weighted by Crippen LogP contribution is -2.34. The van der Waals surface area contributed by atoms with Gasteiger partial charge in [0.15, 0.2) is 0 Å². The van der Waals surface area contributed by atoms with E-state index >= 15 is 0 Å². The quantitative estimate of drug-likeness (QED) is 0.574. The molecule has 1 heterocycles. The summed E-state index contributed by atoms with van der Waals surface area (Å²) in [5, 5.41) is 8.79. The fraction of sp³-hybridized carbons (Fsp3) is 0.833. The van der Waals surface area contributed by atoms with Crippen molar-refractivity contribution in [3.8, 4) is 0 Å². The number of hydrogen-bond acceptors (Lipinski definition) is 3. The molecule has 0 aromatic carbocycles. The first-order valence-corrected chi connectivity index (χ1v) is 6.40. The third-order valence-electron chi connectivity index (χ3n) is 3.00. The molecule has 98 valence electrons. The van der Waals surface area contributed by atoms with E-state index in [4.69, 9.17) is 0 Å². The van der Waals surface area contributed by atoms with Crippen molar-refractivity contribution in [3.05, 3.63) is 0 Å². The van der Waals surface area contributed by atoms with E-state index in [9.17, 15) is 9.59 Å². The fourth-order valence-electron chi connectivity index (χ4n) is 2.03. The van der Waals surface area contributed by atoms with E-state index in [1.807, 2.05) is 0 Å². The van der Waals surface area contributed by atoms with Crippen LogP contribution in [0.1, 0.15) is 32.6 Å². The molecule has 2 amide bonds. The van der Waals surface area contributed by atoms with Gasteiger partial charge in [0.2, 0.25) is 11.8 Å². The zero-order valence-electron chi connectivity index (χ0n) is 10.6. The van der Waals surface area contributed by atoms with Crippen molar-refractivity contribution in [3.63, 3.8) is 0 Å². The minimum absolute atomic E-state index is 0.0625. The van der Waals surface area contributed by atoms with E-state index in [0.717, 1.165) is 19.5 Å². The molecule has 0 aromatic heterocycles. The number of hydrogen-bond donors (Lipinski definition) is 3. The van der Waals surface area contributed by atoms with Crippen molar-refractivity contribution in [2.45, 2.75) is 32.6 Å². The summed E-state index contributed by atoms with van der Waals surface area (Å²) in [5.41, 5.74) is 0. The number of amides is 2. The summed E-state index contributed by atoms with van der Waals surface area (Å²) in [6.07, 6.45) is 3.99. The summed E-state index contributed by atoms with van der Waals surface area (Å²) < 4.78 is 0. The van der Waals surface area contributed by atoms with Gasteiger partial charge < -0.3 is 16.0 Å². The molecule has 1 unspecified atom stereocenters. The van der Waals surface area contributed by atoms with E-state index in [2.05, 4.69) is 16.0 Å². The Hall–Kier alpha value is -1.10. The Morgan fingerprint density at radius 3 is 2.71 bits per heavy atom. The van der Waals surface area contributed by atoms with E-state index in [0.29, 0.717) is 25.4 Å². The Kier molecular flexibility index (Phi) is 6.62. The highest BCUT2D eigenvalue weighted by atomic mass is 16.2. The molecule has 1 aliphatic rings. The van der Waals surface area contributed by atoms with Gasteiger partial charge in [0.05, 0.1) is 0 Å². The number of carbonyl (C=O) groups is 2. The molecule has 1 saturated heterocycles. The maximum atomic E-state index is 11.5. The smallest absolute Gasteiger partial charge is 0.220 e. The van der Waals surface area contributed by atoms with Gasteiger partial charge in [0, 0.05) is 26.4 Å². The van der Waals surface area contributed by atoms with Crippen LogP contribution in [-0.4, -0.2) is 38.0 Å². The first-order chi connectivity index (χ1) is 8.18. The largest absolute Gasteiger partial charge is 0.355 e. The number of carbonyl (C=O) groups excluding carboxylic acids is 2. The zero-order valence-corrected chi connectivity index (χ0v) is 10.6. The third-order valence-corrected chi connectivity index (χ3v) is 3.00. The lowest BCUT2D eigenvalue weighted by Gasteiger charge is -2.22. The van der Waals surface area contributed by atoms with Gasteiger partial charge in [-0.3, -0.25) is 9.59 Å². The lowest BCUT2D eigenvalue weighted by atomic mass is 9.94. The van der Waals surface area contributed by atoms with Crippen LogP contribution in [0.4, 0.5) is 0 Å². The van der Waals surface area contributed by atoms with E-state index in [1.165, 1.54) is 19.8 Å². The number of piperidine rings is 1. The average Bonchev–Trinajstić information content (AvgIpc) is 2.33. The van der Waals surface area contributed by atoms with Crippen molar-refractivity contribution in [2.24, 2.45) is 5.92 Å². The van der Waals surface area contributed by atoms with E-state index in [-0.39, 0.29) is 11.8 Å². The maximum Gasteiger partial charge on any atom is 0.220 e. The van der Waals surface area contributed by atoms with Crippen LogP contribution in [0.25, 0.3) is 0 Å². The Balaban J connectivity index is 1.98. The standard InChI is InChI=1S/C12H23N3O2/c1-10(16)14-7-8-15-12(17)5-4-11-3-2-6-13-9-11/h11,13H,2-9H2,1H3,(H,14,16)(H,15,17). The monoisotopic (exact) mass is 241 g/mol. The van der Waals surface area contributed by atoms with Crippen molar-refractivity contribution >= 4 is 11.8 Å². The second kappa shape index (κ2) is 8.06. The van der Waals surface area contributed by atoms with E-state index in [1.54, 1.807) is 0 Å². The topological polar surface area (TPSA) is 70.2 Å². The molecule has 1 aliphatic heterocycles. The van der Waals surface area contributed by atoms with Crippen molar-refractivity contribution in [2.75, 3.05) is 26.2 Å². The van der Waals surface area contributed by atoms with Gasteiger partial charge in [-0.1, -0.05) is 0 Å². The lowest BCUT2D eigenvalue weighted by molar-refractivity contribution is -0.122. The minimum Gasteiger partial charge on any atom is -0.355 e. The molecule has 0 saturated carbocycles. The second-order valence-electron chi connectivity index (χ2n) is 4.58. The molecular formula is C12H23N3O2. The molecule has 0 radical (unpaired) electrons. The first-order valence-electron chi connectivity index (χ1n) is 6.40. The molecular weight excluding hydrogens is 218 g/mol. The van der Waals surface area contributed by atoms with Crippen LogP contribution in [0.15, 0.2) is 0 Å². The molecule has 1 rings (SSSR count). The second-order valence-corrected chi connectivity index (χ2v) is 4.58. The summed E-state index contributed by atoms with van der Waals surface area (Å²) in [7, 11) is 0. The van der Waals surface area contributed by atoms with Crippen LogP contribution in [0.5, 0.6) is 0 Å². The molecule has 3 N–H and O–H groups in total. The van der Waals surface area contributed by atoms with Gasteiger partial charge in [-0.15, -0.1) is 0 Å². The minimum atomic E-state index is -0.0625. The first kappa shape index (κ1) is 14.0. The Morgan fingerprint density at radius 1 is 1.29 bits per heavy atom. The SMILES string of the molecule is CC(=O)NCCNC(=O)CCC1CCCNC1. The van der Waals surface area contributed by atoms with Crippen LogP contribution in [0.3, 0.4) is 0 Å². The predicted molar refractivity (Wildman–Crippen MR) is 66.5 cm³/mol. The Labute approximate surface area is 103 Å². The van der Waals surface area contributed by atoms with Gasteiger partial charge in [0.25, 0.3) is 0 Å². The van der Waals surface area contributed by atoms with Gasteiger partial charge in [-0.25, -0.2) is 0 Å². The van der Waals surface area contributed by atoms with Gasteiger partial charge in [-0.05, 0) is 38.3 Å². The van der Waals surface area contributed by atoms with Crippen LogP contribution < -0.4 is 16.0 Å². The van der Waals surface area contributed by atoms with Crippen LogP contribution in [0, 0.1) is 5.92 Å². The Morgan fingerprint density at radius 2 is 2.06 bits per heavy atom. The Bertz CT molecular complexity index is 250. The van der Waals surface area contributed by atoms with E-state index < -0.39 is 0 Å². The van der Waals surface area contributed by atoms with Crippen molar-refractivity contribution in [1.82, 2.24) is 16.0 Å². The normalized spacial score (nSPS) is 19.7. The third kappa shape index (κ3) is 6.94. The summed E-state index contributed by atoms with van der Waals surface area (Å²) >= 11 is 0. The van der Waals surface area contributed by atoms with Gasteiger partial charge in [0.1, 0.15) is 0 Å². The molecule has 0 aliphatic carbocycles. The average molecular weight is 241 g/mol. The number of rotatable bonds is 6. The molecule has 5 nitrogen and oxygen atoms in total. The highest BCUT2D eigenvalue weighted by Gasteiger charge is 2.13. The molecule has 1 atom stereocenters. The summed E-state index contributed by atoms with van der Waals surface area (Å²) in [6, 6.07) is 0. The van der Waals surface area contributed by atoms with Crippen LogP contribution in [0.2, 0.25) is 0 Å². The molecule has 1 fully saturated rings. The van der Waals surface area contributed by atoms with Gasteiger partial charge >= 0.3 is 0 Å². The van der Waals surface area contributed by atoms with Crippen molar-refractivity contribution in [1.29, 1.82) is 0 Å². The zero-order chi connectivity index (χ0) is 12.5. The highest BCUT2D eigenvalue weighted by Crippen LogP contribution is 2.15. The summed E-state index contributed by atoms with van der Waals surface area (Å²) in [4.78, 5) is 22.1. The number of nitrogens with one attached hydrogen (secondary N) is 3. The van der Waals surface area contributed by atoms with Crippen LogP contribution >= 0.6 is 0 Å². The molecule has 17 heavy (non-hydrogen) atoms. The molecule has 0 aromatic rings. The predicted octanol–water partition coefficient (Wildman–Crippen LogP) is 0.0185.